The van der Waals surface area contributed by atoms with Gasteiger partial charge in [-0.25, -0.2) is 0 Å². The Kier molecular flexibility index (Phi) is 10.1. The Morgan fingerprint density at radius 1 is 1.12 bits per heavy atom. The molecule has 132 valence electrons. The van der Waals surface area contributed by atoms with Crippen LogP contribution in [0.5, 0.6) is 0 Å². The van der Waals surface area contributed by atoms with Gasteiger partial charge in [-0.1, -0.05) is 36.4 Å². The number of benzene rings is 2. The SMILES string of the molecule is Cc1ccc(N)cc1C(=O)NCCN(C)Cc1ccccc1.Cl.Cl. The zero-order chi connectivity index (χ0) is 15.9. The van der Waals surface area contributed by atoms with E-state index in [2.05, 4.69) is 22.3 Å². The molecular formula is C18H25Cl2N3O. The van der Waals surface area contributed by atoms with Crippen LogP contribution in [0.15, 0.2) is 48.5 Å². The smallest absolute Gasteiger partial charge is 0.251 e. The normalized spacial score (nSPS) is 9.79. The summed E-state index contributed by atoms with van der Waals surface area (Å²) in [5, 5.41) is 2.95. The van der Waals surface area contributed by atoms with Crippen LogP contribution in [0.2, 0.25) is 0 Å². The maximum Gasteiger partial charge on any atom is 0.251 e. The minimum Gasteiger partial charge on any atom is -0.399 e. The summed E-state index contributed by atoms with van der Waals surface area (Å²) in [7, 11) is 2.05. The van der Waals surface area contributed by atoms with Crippen molar-refractivity contribution in [3.05, 3.63) is 65.2 Å². The van der Waals surface area contributed by atoms with E-state index >= 15 is 0 Å². The van der Waals surface area contributed by atoms with Crippen LogP contribution < -0.4 is 11.1 Å². The number of nitrogens with one attached hydrogen (secondary N) is 1. The third kappa shape index (κ3) is 6.79. The number of anilines is 1. The number of likely N-dealkylation sites (N-methyl/N-ethyl adjacent to an activating group) is 1. The average Bonchev–Trinajstić information content (AvgIpc) is 2.50. The van der Waals surface area contributed by atoms with Crippen molar-refractivity contribution < 1.29 is 4.79 Å². The Hall–Kier alpha value is -1.75. The Morgan fingerprint density at radius 3 is 2.46 bits per heavy atom. The maximum atomic E-state index is 12.2. The molecule has 2 aromatic carbocycles. The largest absolute Gasteiger partial charge is 0.399 e. The second kappa shape index (κ2) is 10.9. The number of hydrogen-bond acceptors (Lipinski definition) is 3. The summed E-state index contributed by atoms with van der Waals surface area (Å²) in [6.07, 6.45) is 0. The summed E-state index contributed by atoms with van der Waals surface area (Å²) in [6.45, 7) is 4.18. The van der Waals surface area contributed by atoms with Crippen LogP contribution in [0.1, 0.15) is 21.5 Å². The molecule has 0 saturated heterocycles. The minimum absolute atomic E-state index is 0. The number of amides is 1. The first-order chi connectivity index (χ1) is 10.6. The van der Waals surface area contributed by atoms with Gasteiger partial charge in [0, 0.05) is 30.9 Å². The lowest BCUT2D eigenvalue weighted by Crippen LogP contribution is -2.33. The highest BCUT2D eigenvalue weighted by Gasteiger charge is 2.09. The zero-order valence-electron chi connectivity index (χ0n) is 14.0. The van der Waals surface area contributed by atoms with E-state index in [0.717, 1.165) is 18.7 Å². The fraction of sp³-hybridized carbons (Fsp3) is 0.278. The molecule has 0 unspecified atom stereocenters. The number of nitrogens with two attached hydrogens (primary N) is 1. The number of rotatable bonds is 6. The third-order valence-electron chi connectivity index (χ3n) is 3.58. The molecule has 0 fully saturated rings. The monoisotopic (exact) mass is 369 g/mol. The van der Waals surface area contributed by atoms with Gasteiger partial charge in [-0.3, -0.25) is 4.79 Å². The first-order valence-electron chi connectivity index (χ1n) is 7.43. The Labute approximate surface area is 156 Å². The van der Waals surface area contributed by atoms with Crippen molar-refractivity contribution in [2.45, 2.75) is 13.5 Å². The molecule has 4 nitrogen and oxygen atoms in total. The fourth-order valence-electron chi connectivity index (χ4n) is 2.31. The van der Waals surface area contributed by atoms with Gasteiger partial charge >= 0.3 is 0 Å². The molecule has 3 N–H and O–H groups in total. The number of carbonyl (C=O) groups is 1. The van der Waals surface area contributed by atoms with Crippen LogP contribution in [0, 0.1) is 6.92 Å². The standard InChI is InChI=1S/C18H23N3O.2ClH/c1-14-8-9-16(19)12-17(14)18(22)20-10-11-21(2)13-15-6-4-3-5-7-15;;/h3-9,12H,10-11,13,19H2,1-2H3,(H,20,22);2*1H. The predicted molar refractivity (Wildman–Crippen MR) is 105 cm³/mol. The Bertz CT molecular complexity index is 635. The molecule has 1 amide bonds. The Morgan fingerprint density at radius 2 is 1.79 bits per heavy atom. The lowest BCUT2D eigenvalue weighted by molar-refractivity contribution is 0.0949. The van der Waals surface area contributed by atoms with Gasteiger partial charge in [-0.2, -0.15) is 0 Å². The van der Waals surface area contributed by atoms with Crippen LogP contribution in [0.4, 0.5) is 5.69 Å². The lowest BCUT2D eigenvalue weighted by atomic mass is 10.1. The number of aryl methyl sites for hydroxylation is 1. The highest BCUT2D eigenvalue weighted by Crippen LogP contribution is 2.12. The molecule has 24 heavy (non-hydrogen) atoms. The molecule has 0 heterocycles. The van der Waals surface area contributed by atoms with E-state index in [1.807, 2.05) is 38.2 Å². The van der Waals surface area contributed by atoms with Crippen LogP contribution >= 0.6 is 24.8 Å². The summed E-state index contributed by atoms with van der Waals surface area (Å²) in [5.74, 6) is -0.0714. The highest BCUT2D eigenvalue weighted by atomic mass is 35.5. The second-order valence-corrected chi connectivity index (χ2v) is 5.55. The van der Waals surface area contributed by atoms with E-state index in [1.165, 1.54) is 5.56 Å². The van der Waals surface area contributed by atoms with Gasteiger partial charge in [0.25, 0.3) is 5.91 Å². The van der Waals surface area contributed by atoms with E-state index in [4.69, 9.17) is 5.73 Å². The van der Waals surface area contributed by atoms with Crippen molar-refractivity contribution in [3.8, 4) is 0 Å². The molecule has 0 radical (unpaired) electrons. The van der Waals surface area contributed by atoms with Gasteiger partial charge in [0.15, 0.2) is 0 Å². The number of halogens is 2. The quantitative estimate of drug-likeness (QED) is 0.768. The van der Waals surface area contributed by atoms with Gasteiger partial charge in [-0.15, -0.1) is 24.8 Å². The van der Waals surface area contributed by atoms with Crippen LogP contribution in [-0.4, -0.2) is 30.9 Å². The van der Waals surface area contributed by atoms with Gasteiger partial charge < -0.3 is 16.0 Å². The van der Waals surface area contributed by atoms with Gasteiger partial charge in [0.1, 0.15) is 0 Å². The summed E-state index contributed by atoms with van der Waals surface area (Å²) in [5.41, 5.74) is 9.19. The van der Waals surface area contributed by atoms with Crippen molar-refractivity contribution in [1.82, 2.24) is 10.2 Å². The topological polar surface area (TPSA) is 58.4 Å². The number of hydrogen-bond donors (Lipinski definition) is 2. The maximum absolute atomic E-state index is 12.2. The van der Waals surface area contributed by atoms with Crippen LogP contribution in [0.25, 0.3) is 0 Å². The molecule has 2 aromatic rings. The molecular weight excluding hydrogens is 345 g/mol. The zero-order valence-corrected chi connectivity index (χ0v) is 15.6. The van der Waals surface area contributed by atoms with Crippen molar-refractivity contribution in [2.75, 3.05) is 25.9 Å². The molecule has 0 aromatic heterocycles. The van der Waals surface area contributed by atoms with Crippen LogP contribution in [-0.2, 0) is 6.54 Å². The number of nitrogens with zero attached hydrogens (tertiary/aromatic N) is 1. The number of carbonyl (C=O) groups excluding carboxylic acids is 1. The molecule has 0 bridgehead atoms. The number of nitrogen functional groups attached to an aromatic ring is 1. The van der Waals surface area contributed by atoms with Crippen molar-refractivity contribution in [1.29, 1.82) is 0 Å². The second-order valence-electron chi connectivity index (χ2n) is 5.55. The molecule has 0 spiro atoms. The minimum atomic E-state index is -0.0714. The van der Waals surface area contributed by atoms with E-state index in [0.29, 0.717) is 17.8 Å². The summed E-state index contributed by atoms with van der Waals surface area (Å²) >= 11 is 0. The summed E-state index contributed by atoms with van der Waals surface area (Å²) in [6, 6.07) is 15.7. The molecule has 0 aliphatic carbocycles. The predicted octanol–water partition coefficient (Wildman–Crippen LogP) is 3.28. The van der Waals surface area contributed by atoms with Crippen molar-refractivity contribution in [2.24, 2.45) is 0 Å². The van der Waals surface area contributed by atoms with Crippen LogP contribution in [0.3, 0.4) is 0 Å². The van der Waals surface area contributed by atoms with Crippen molar-refractivity contribution >= 4 is 36.4 Å². The average molecular weight is 370 g/mol. The lowest BCUT2D eigenvalue weighted by Gasteiger charge is -2.17. The fourth-order valence-corrected chi connectivity index (χ4v) is 2.31. The summed E-state index contributed by atoms with van der Waals surface area (Å²) in [4.78, 5) is 14.4. The first kappa shape index (κ1) is 22.2. The molecule has 2 rings (SSSR count). The van der Waals surface area contributed by atoms with E-state index in [9.17, 15) is 4.79 Å². The molecule has 6 heteroatoms. The van der Waals surface area contributed by atoms with Gasteiger partial charge in [-0.05, 0) is 37.2 Å². The van der Waals surface area contributed by atoms with E-state index in [1.54, 1.807) is 12.1 Å². The molecule has 0 aliphatic heterocycles. The Balaban J connectivity index is 0.00000264. The van der Waals surface area contributed by atoms with Gasteiger partial charge in [0.2, 0.25) is 0 Å². The molecule has 0 atom stereocenters. The third-order valence-corrected chi connectivity index (χ3v) is 3.58. The molecule has 0 aliphatic rings. The van der Waals surface area contributed by atoms with E-state index in [-0.39, 0.29) is 30.7 Å². The molecule has 0 saturated carbocycles. The summed E-state index contributed by atoms with van der Waals surface area (Å²) < 4.78 is 0. The van der Waals surface area contributed by atoms with E-state index < -0.39 is 0 Å². The first-order valence-corrected chi connectivity index (χ1v) is 7.43. The van der Waals surface area contributed by atoms with Crippen molar-refractivity contribution in [3.63, 3.8) is 0 Å². The van der Waals surface area contributed by atoms with Gasteiger partial charge in [0.05, 0.1) is 0 Å². The highest BCUT2D eigenvalue weighted by molar-refractivity contribution is 5.96.